The van der Waals surface area contributed by atoms with E-state index in [1.54, 1.807) is 0 Å². The van der Waals surface area contributed by atoms with Gasteiger partial charge in [-0.2, -0.15) is 0 Å². The highest BCUT2D eigenvalue weighted by molar-refractivity contribution is 7.93. The number of hydrogen-bond acceptors (Lipinski definition) is 3. The van der Waals surface area contributed by atoms with Gasteiger partial charge >= 0.3 is 0 Å². The summed E-state index contributed by atoms with van der Waals surface area (Å²) in [5, 5.41) is 3.31. The molecule has 0 aromatic heterocycles. The molecule has 1 aromatic carbocycles. The summed E-state index contributed by atoms with van der Waals surface area (Å²) in [6, 6.07) is 5.65. The number of aryl methyl sites for hydroxylation is 1. The molecule has 1 aliphatic carbocycles. The van der Waals surface area contributed by atoms with E-state index in [1.165, 1.54) is 0 Å². The van der Waals surface area contributed by atoms with Crippen LogP contribution in [0.5, 0.6) is 0 Å². The molecule has 0 bridgehead atoms. The first-order valence-electron chi connectivity index (χ1n) is 6.15. The van der Waals surface area contributed by atoms with Gasteiger partial charge in [0.25, 0.3) is 0 Å². The Morgan fingerprint density at radius 2 is 1.94 bits per heavy atom. The van der Waals surface area contributed by atoms with Gasteiger partial charge in [0.15, 0.2) is 9.84 Å². The molecule has 3 rings (SSSR count). The minimum Gasteiger partial charge on any atom is -0.382 e. The molecule has 1 aromatic rings. The summed E-state index contributed by atoms with van der Waals surface area (Å²) in [5.41, 5.74) is 1.64. The van der Waals surface area contributed by atoms with Crippen LogP contribution >= 0.6 is 0 Å². The molecule has 1 fully saturated rings. The van der Waals surface area contributed by atoms with Gasteiger partial charge in [0.05, 0.1) is 15.3 Å². The van der Waals surface area contributed by atoms with Crippen molar-refractivity contribution in [3.63, 3.8) is 0 Å². The molecule has 1 saturated carbocycles. The molecule has 0 radical (unpaired) electrons. The summed E-state index contributed by atoms with van der Waals surface area (Å²) in [5.74, 6) is 0. The van der Waals surface area contributed by atoms with Crippen LogP contribution in [0.1, 0.15) is 31.2 Å². The SMILES string of the molecule is Cc1cccc2c1S(=O)(=O)C1(CCCC1)CN2. The maximum atomic E-state index is 12.8. The van der Waals surface area contributed by atoms with Crippen LogP contribution in [0, 0.1) is 6.92 Å². The summed E-state index contributed by atoms with van der Waals surface area (Å²) in [4.78, 5) is 0.535. The van der Waals surface area contributed by atoms with Crippen molar-refractivity contribution in [2.24, 2.45) is 0 Å². The Bertz CT molecular complexity index is 557. The number of nitrogens with one attached hydrogen (secondary N) is 1. The molecule has 1 N–H and O–H groups in total. The Balaban J connectivity index is 2.24. The lowest BCUT2D eigenvalue weighted by molar-refractivity contribution is 0.515. The normalized spacial score (nSPS) is 24.3. The van der Waals surface area contributed by atoms with Gasteiger partial charge in [-0.15, -0.1) is 0 Å². The molecular formula is C13H17NO2S. The molecule has 92 valence electrons. The van der Waals surface area contributed by atoms with Crippen molar-refractivity contribution in [2.75, 3.05) is 11.9 Å². The topological polar surface area (TPSA) is 46.2 Å². The fraction of sp³-hybridized carbons (Fsp3) is 0.538. The standard InChI is InChI=1S/C13H17NO2S/c1-10-5-4-6-11-12(10)17(15,16)13(9-14-11)7-2-3-8-13/h4-6,14H,2-3,7-9H2,1H3. The van der Waals surface area contributed by atoms with Crippen LogP contribution in [-0.4, -0.2) is 19.7 Å². The van der Waals surface area contributed by atoms with Gasteiger partial charge in [-0.25, -0.2) is 8.42 Å². The van der Waals surface area contributed by atoms with Crippen LogP contribution in [0.25, 0.3) is 0 Å². The molecule has 0 atom stereocenters. The van der Waals surface area contributed by atoms with Gasteiger partial charge in [-0.1, -0.05) is 25.0 Å². The van der Waals surface area contributed by atoms with E-state index in [0.717, 1.165) is 36.9 Å². The van der Waals surface area contributed by atoms with Gasteiger partial charge in [-0.05, 0) is 31.4 Å². The van der Waals surface area contributed by atoms with Crippen molar-refractivity contribution in [3.8, 4) is 0 Å². The predicted octanol–water partition coefficient (Wildman–Crippen LogP) is 2.51. The van der Waals surface area contributed by atoms with Crippen LogP contribution in [-0.2, 0) is 9.84 Å². The second-order valence-electron chi connectivity index (χ2n) is 5.20. The molecule has 0 amide bonds. The lowest BCUT2D eigenvalue weighted by Crippen LogP contribution is -2.46. The van der Waals surface area contributed by atoms with Crippen LogP contribution in [0.2, 0.25) is 0 Å². The number of rotatable bonds is 0. The second-order valence-corrected chi connectivity index (χ2v) is 7.48. The Hall–Kier alpha value is -1.03. The number of benzene rings is 1. The largest absolute Gasteiger partial charge is 0.382 e. The number of anilines is 1. The third-order valence-corrected chi connectivity index (χ3v) is 6.94. The van der Waals surface area contributed by atoms with Crippen molar-refractivity contribution in [3.05, 3.63) is 23.8 Å². The van der Waals surface area contributed by atoms with Crippen molar-refractivity contribution in [2.45, 2.75) is 42.2 Å². The van der Waals surface area contributed by atoms with Crippen LogP contribution in [0.15, 0.2) is 23.1 Å². The highest BCUT2D eigenvalue weighted by atomic mass is 32.2. The Labute approximate surface area is 102 Å². The third kappa shape index (κ3) is 1.36. The predicted molar refractivity (Wildman–Crippen MR) is 68.1 cm³/mol. The van der Waals surface area contributed by atoms with E-state index in [1.807, 2.05) is 25.1 Å². The highest BCUT2D eigenvalue weighted by Gasteiger charge is 2.50. The molecule has 17 heavy (non-hydrogen) atoms. The highest BCUT2D eigenvalue weighted by Crippen LogP contribution is 2.46. The average molecular weight is 251 g/mol. The first-order chi connectivity index (χ1) is 8.07. The summed E-state index contributed by atoms with van der Waals surface area (Å²) in [7, 11) is -3.18. The van der Waals surface area contributed by atoms with Gasteiger partial charge in [0, 0.05) is 6.54 Å². The van der Waals surface area contributed by atoms with E-state index in [2.05, 4.69) is 5.32 Å². The molecular weight excluding hydrogens is 234 g/mol. The molecule has 0 unspecified atom stereocenters. The van der Waals surface area contributed by atoms with Crippen LogP contribution in [0.4, 0.5) is 5.69 Å². The quantitative estimate of drug-likeness (QED) is 0.770. The molecule has 1 aliphatic heterocycles. The molecule has 1 spiro atoms. The monoisotopic (exact) mass is 251 g/mol. The smallest absolute Gasteiger partial charge is 0.188 e. The number of fused-ring (bicyclic) bond motifs is 1. The van der Waals surface area contributed by atoms with Crippen molar-refractivity contribution in [1.82, 2.24) is 0 Å². The fourth-order valence-corrected chi connectivity index (χ4v) is 5.62. The van der Waals surface area contributed by atoms with E-state index in [4.69, 9.17) is 0 Å². The lowest BCUT2D eigenvalue weighted by Gasteiger charge is -2.35. The zero-order valence-electron chi connectivity index (χ0n) is 9.99. The molecule has 0 saturated heterocycles. The van der Waals surface area contributed by atoms with E-state index >= 15 is 0 Å². The third-order valence-electron chi connectivity index (χ3n) is 4.17. The van der Waals surface area contributed by atoms with Gasteiger partial charge < -0.3 is 5.32 Å². The summed E-state index contributed by atoms with van der Waals surface area (Å²) in [6.45, 7) is 2.46. The molecule has 4 heteroatoms. The zero-order chi connectivity index (χ0) is 12.1. The fourth-order valence-electron chi connectivity index (χ4n) is 3.18. The van der Waals surface area contributed by atoms with Crippen LogP contribution < -0.4 is 5.32 Å². The minimum atomic E-state index is -3.18. The molecule has 1 heterocycles. The van der Waals surface area contributed by atoms with E-state index in [-0.39, 0.29) is 0 Å². The Morgan fingerprint density at radius 3 is 2.65 bits per heavy atom. The summed E-state index contributed by atoms with van der Waals surface area (Å²) < 4.78 is 25.1. The second kappa shape index (κ2) is 3.48. The van der Waals surface area contributed by atoms with Crippen LogP contribution in [0.3, 0.4) is 0 Å². The van der Waals surface area contributed by atoms with Gasteiger partial charge in [0.1, 0.15) is 0 Å². The number of hydrogen-bond donors (Lipinski definition) is 1. The maximum absolute atomic E-state index is 12.8. The first kappa shape index (κ1) is 11.1. The van der Waals surface area contributed by atoms with Crippen molar-refractivity contribution in [1.29, 1.82) is 0 Å². The van der Waals surface area contributed by atoms with Gasteiger partial charge in [0.2, 0.25) is 0 Å². The van der Waals surface area contributed by atoms with Crippen molar-refractivity contribution < 1.29 is 8.42 Å². The van der Waals surface area contributed by atoms with Gasteiger partial charge in [-0.3, -0.25) is 0 Å². The number of sulfone groups is 1. The molecule has 3 nitrogen and oxygen atoms in total. The Morgan fingerprint density at radius 1 is 1.24 bits per heavy atom. The first-order valence-corrected chi connectivity index (χ1v) is 7.63. The van der Waals surface area contributed by atoms with E-state index in [9.17, 15) is 8.42 Å². The lowest BCUT2D eigenvalue weighted by atomic mass is 10.1. The van der Waals surface area contributed by atoms with E-state index in [0.29, 0.717) is 11.4 Å². The molecule has 2 aliphatic rings. The minimum absolute atomic E-state index is 0.535. The summed E-state index contributed by atoms with van der Waals surface area (Å²) >= 11 is 0. The zero-order valence-corrected chi connectivity index (χ0v) is 10.8. The average Bonchev–Trinajstić information content (AvgIpc) is 2.74. The van der Waals surface area contributed by atoms with E-state index < -0.39 is 14.6 Å². The van der Waals surface area contributed by atoms with Crippen molar-refractivity contribution >= 4 is 15.5 Å². The Kier molecular flexibility index (Phi) is 2.27. The maximum Gasteiger partial charge on any atom is 0.188 e. The summed E-state index contributed by atoms with van der Waals surface area (Å²) in [6.07, 6.45) is 3.66.